The fraction of sp³-hybridized carbons (Fsp3) is 0.324. The molecule has 0 spiro atoms. The van der Waals surface area contributed by atoms with Crippen molar-refractivity contribution in [2.45, 2.75) is 150 Å². The van der Waals surface area contributed by atoms with E-state index in [1.807, 2.05) is 11.3 Å². The molecule has 5 heteroatoms. The van der Waals surface area contributed by atoms with Crippen molar-refractivity contribution < 1.29 is 0 Å². The summed E-state index contributed by atoms with van der Waals surface area (Å²) >= 11 is 1.93. The van der Waals surface area contributed by atoms with E-state index in [0.717, 1.165) is 18.5 Å². The molecule has 0 amide bonds. The van der Waals surface area contributed by atoms with Crippen molar-refractivity contribution in [3.05, 3.63) is 190 Å². The molecule has 0 radical (unpaired) electrons. The number of benzene rings is 8. The van der Waals surface area contributed by atoms with Crippen molar-refractivity contribution in [2.24, 2.45) is 0 Å². The number of thiophene rings is 1. The second-order valence-corrected chi connectivity index (χ2v) is 28.0. The maximum Gasteiger partial charge on any atom is 0.252 e. The van der Waals surface area contributed by atoms with E-state index in [9.17, 15) is 0 Å². The Morgan fingerprint density at radius 3 is 1.55 bits per heavy atom. The average molecular weight is 1010 g/mol. The molecule has 13 rings (SSSR count). The number of aryl methyl sites for hydroxylation is 3. The molecule has 8 aromatic carbocycles. The Kier molecular flexibility index (Phi) is 10.8. The van der Waals surface area contributed by atoms with Crippen molar-refractivity contribution in [3.8, 4) is 0 Å². The third kappa shape index (κ3) is 7.49. The fourth-order valence-corrected chi connectivity index (χ4v) is 15.2. The number of fused-ring (bicyclic) bond motifs is 9. The minimum Gasteiger partial charge on any atom is -0.311 e. The van der Waals surface area contributed by atoms with Crippen molar-refractivity contribution in [2.75, 3.05) is 14.7 Å². The van der Waals surface area contributed by atoms with E-state index in [1.165, 1.54) is 139 Å². The molecule has 3 heterocycles. The van der Waals surface area contributed by atoms with Gasteiger partial charge in [0.1, 0.15) is 0 Å². The lowest BCUT2D eigenvalue weighted by molar-refractivity contribution is 0.332. The molecule has 0 saturated carbocycles. The van der Waals surface area contributed by atoms with Crippen molar-refractivity contribution in [3.63, 3.8) is 0 Å². The van der Waals surface area contributed by atoms with Gasteiger partial charge in [0.25, 0.3) is 6.71 Å². The van der Waals surface area contributed by atoms with Gasteiger partial charge in [0.15, 0.2) is 0 Å². The van der Waals surface area contributed by atoms with Gasteiger partial charge in [-0.05, 0) is 207 Å². The van der Waals surface area contributed by atoms with Crippen LogP contribution in [0, 0.1) is 20.8 Å². The van der Waals surface area contributed by atoms with Crippen LogP contribution >= 0.6 is 11.3 Å². The molecule has 2 aliphatic carbocycles. The monoisotopic (exact) mass is 1010 g/mol. The topological polar surface area (TPSA) is 9.72 Å². The third-order valence-corrected chi connectivity index (χ3v) is 19.9. The normalized spacial score (nSPS) is 17.5. The largest absolute Gasteiger partial charge is 0.311 e. The van der Waals surface area contributed by atoms with Gasteiger partial charge in [-0.15, -0.1) is 11.3 Å². The van der Waals surface area contributed by atoms with E-state index >= 15 is 0 Å². The molecule has 76 heavy (non-hydrogen) atoms. The van der Waals surface area contributed by atoms with Gasteiger partial charge >= 0.3 is 0 Å². The molecule has 3 nitrogen and oxygen atoms in total. The molecule has 0 saturated heterocycles. The minimum atomic E-state index is -0.00876. The van der Waals surface area contributed by atoms with Gasteiger partial charge in [-0.2, -0.15) is 0 Å². The lowest BCUT2D eigenvalue weighted by atomic mass is 9.33. The second-order valence-electron chi connectivity index (χ2n) is 26.9. The number of rotatable bonds is 5. The first-order valence-electron chi connectivity index (χ1n) is 28.1. The maximum absolute atomic E-state index is 2.70. The Bertz CT molecular complexity index is 3850. The smallest absolute Gasteiger partial charge is 0.252 e. The van der Waals surface area contributed by atoms with Crippen LogP contribution in [-0.2, 0) is 27.1 Å². The van der Waals surface area contributed by atoms with Crippen LogP contribution in [0.3, 0.4) is 0 Å². The molecule has 4 aliphatic rings. The summed E-state index contributed by atoms with van der Waals surface area (Å²) in [5.74, 6) is 0. The van der Waals surface area contributed by atoms with E-state index in [0.29, 0.717) is 0 Å². The zero-order valence-corrected chi connectivity index (χ0v) is 48.3. The quantitative estimate of drug-likeness (QED) is 0.159. The summed E-state index contributed by atoms with van der Waals surface area (Å²) in [5.41, 5.74) is 26.6. The van der Waals surface area contributed by atoms with Gasteiger partial charge < -0.3 is 14.7 Å². The van der Waals surface area contributed by atoms with Crippen LogP contribution in [0.25, 0.3) is 20.2 Å². The lowest BCUT2D eigenvalue weighted by Crippen LogP contribution is -2.62. The van der Waals surface area contributed by atoms with Crippen LogP contribution in [0.15, 0.2) is 146 Å². The summed E-state index contributed by atoms with van der Waals surface area (Å²) in [7, 11) is 0. The Morgan fingerprint density at radius 1 is 0.461 bits per heavy atom. The van der Waals surface area contributed by atoms with Crippen LogP contribution in [0.4, 0.5) is 51.2 Å². The predicted octanol–water partition coefficient (Wildman–Crippen LogP) is 18.5. The van der Waals surface area contributed by atoms with E-state index in [4.69, 9.17) is 0 Å². The molecule has 0 fully saturated rings. The van der Waals surface area contributed by atoms with Crippen molar-refractivity contribution in [1.82, 2.24) is 0 Å². The highest BCUT2D eigenvalue weighted by Gasteiger charge is 2.47. The molecular formula is C71H74BN3S. The Hall–Kier alpha value is -6.56. The van der Waals surface area contributed by atoms with Gasteiger partial charge in [0.2, 0.25) is 0 Å². The van der Waals surface area contributed by atoms with E-state index in [1.54, 1.807) is 0 Å². The zero-order chi connectivity index (χ0) is 53.2. The molecule has 0 bridgehead atoms. The van der Waals surface area contributed by atoms with Crippen LogP contribution in [0.5, 0.6) is 0 Å². The molecule has 0 atom stereocenters. The average Bonchev–Trinajstić information content (AvgIpc) is 3.84. The molecule has 2 aliphatic heterocycles. The highest BCUT2D eigenvalue weighted by molar-refractivity contribution is 7.25. The van der Waals surface area contributed by atoms with Gasteiger partial charge in [-0.25, -0.2) is 0 Å². The van der Waals surface area contributed by atoms with Crippen LogP contribution in [-0.4, -0.2) is 6.71 Å². The third-order valence-electron chi connectivity index (χ3n) is 18.8. The van der Waals surface area contributed by atoms with Crippen molar-refractivity contribution >= 4 is 106 Å². The van der Waals surface area contributed by atoms with Gasteiger partial charge in [0, 0.05) is 71.4 Å². The highest BCUT2D eigenvalue weighted by atomic mass is 32.1. The first-order valence-corrected chi connectivity index (χ1v) is 28.9. The SMILES string of the molecule is Cc1cc2c3c(c1)N(c1ccc4c(c1)C(C)(C)CCC4(C)C)c1cc4c(cc1B3c1ccc(N(c3ccccc3C)c3ccccc3C)cc1N2c1ccc2c(c1)sc1cc(C(C)(C)C)ccc12)C(C)(C)CCC4(C)C. The first kappa shape index (κ1) is 49.0. The molecule has 382 valence electrons. The van der Waals surface area contributed by atoms with E-state index in [2.05, 4.69) is 257 Å². The van der Waals surface area contributed by atoms with Gasteiger partial charge in [-0.1, -0.05) is 149 Å². The number of nitrogens with zero attached hydrogens (tertiary/aromatic N) is 3. The first-order chi connectivity index (χ1) is 36.0. The molecule has 1 aromatic heterocycles. The van der Waals surface area contributed by atoms with Crippen LogP contribution < -0.4 is 31.1 Å². The number of anilines is 9. The standard InChI is InChI=1S/C71H74BN3S/c1-43-35-62-66-63(36-43)75(49-24-28-51-50-27-23-46(67(4,5)6)37-64(50)76-65(51)40-49)60-39-48(73(58-21-17-15-19-44(58)2)59-22-18-16-20-45(59)3)26-30-56(60)72(66)57-41-54-55(71(13,14)34-33-70(54,11)12)42-61(57)74(62)47-25-29-52-53(38-47)69(9,10)32-31-68(52,7)8/h15-30,35-42H,31-34H2,1-14H3. The minimum absolute atomic E-state index is 0.00876. The molecule has 0 N–H and O–H groups in total. The van der Waals surface area contributed by atoms with Gasteiger partial charge in [0.05, 0.1) is 0 Å². The molecule has 9 aromatic rings. The Labute approximate surface area is 457 Å². The summed E-state index contributed by atoms with van der Waals surface area (Å²) in [6, 6.07) is 57.5. The summed E-state index contributed by atoms with van der Waals surface area (Å²) in [5, 5.41) is 2.65. The predicted molar refractivity (Wildman–Crippen MR) is 332 cm³/mol. The summed E-state index contributed by atoms with van der Waals surface area (Å²) in [6.07, 6.45) is 4.69. The van der Waals surface area contributed by atoms with Gasteiger partial charge in [-0.3, -0.25) is 0 Å². The highest BCUT2D eigenvalue weighted by Crippen LogP contribution is 2.54. The number of hydrogen-bond acceptors (Lipinski definition) is 4. The molecule has 0 unspecified atom stereocenters. The van der Waals surface area contributed by atoms with Crippen molar-refractivity contribution in [1.29, 1.82) is 0 Å². The van der Waals surface area contributed by atoms with E-state index < -0.39 is 0 Å². The zero-order valence-electron chi connectivity index (χ0n) is 47.5. The maximum atomic E-state index is 2.70. The number of para-hydroxylation sites is 2. The second kappa shape index (κ2) is 16.7. The summed E-state index contributed by atoms with van der Waals surface area (Å²) < 4.78 is 2.66. The summed E-state index contributed by atoms with van der Waals surface area (Å²) in [4.78, 5) is 7.84. The van der Waals surface area contributed by atoms with Crippen LogP contribution in [0.2, 0.25) is 0 Å². The molecular weight excluding hydrogens is 938 g/mol. The Morgan fingerprint density at radius 2 is 0.961 bits per heavy atom. The Balaban J connectivity index is 1.12. The summed E-state index contributed by atoms with van der Waals surface area (Å²) in [6.45, 7) is 33.6. The number of hydrogen-bond donors (Lipinski definition) is 0. The fourth-order valence-electron chi connectivity index (χ4n) is 14.0. The lowest BCUT2D eigenvalue weighted by Gasteiger charge is -2.48. The van der Waals surface area contributed by atoms with E-state index in [-0.39, 0.29) is 33.8 Å². The van der Waals surface area contributed by atoms with Crippen LogP contribution in [0.1, 0.15) is 146 Å².